The minimum absolute atomic E-state index is 0.0974. The zero-order valence-electron chi connectivity index (χ0n) is 16.7. The Morgan fingerprint density at radius 3 is 2.55 bits per heavy atom. The number of nitrogens with zero attached hydrogens (tertiary/aromatic N) is 1. The van der Waals surface area contributed by atoms with Gasteiger partial charge in [-0.15, -0.1) is 0 Å². The molecule has 2 aliphatic heterocycles. The minimum Gasteiger partial charge on any atom is -0.393 e. The Balaban J connectivity index is 1.41. The summed E-state index contributed by atoms with van der Waals surface area (Å²) in [5, 5.41) is 11.2. The lowest BCUT2D eigenvalue weighted by Crippen LogP contribution is -2.40. The fourth-order valence-electron chi connectivity index (χ4n) is 5.18. The summed E-state index contributed by atoms with van der Waals surface area (Å²) >= 11 is 8.24. The van der Waals surface area contributed by atoms with E-state index in [1.165, 1.54) is 45.8 Å². The van der Waals surface area contributed by atoms with Crippen molar-refractivity contribution in [2.24, 2.45) is 5.92 Å². The van der Waals surface area contributed by atoms with Gasteiger partial charge in [0, 0.05) is 34.4 Å². The summed E-state index contributed by atoms with van der Waals surface area (Å²) in [6.07, 6.45) is 6.73. The van der Waals surface area contributed by atoms with Crippen molar-refractivity contribution in [3.63, 3.8) is 0 Å². The fourth-order valence-corrected chi connectivity index (χ4v) is 6.42. The van der Waals surface area contributed by atoms with Crippen LogP contribution in [-0.4, -0.2) is 35.7 Å². The molecule has 1 saturated carbocycles. The highest BCUT2D eigenvalue weighted by Gasteiger charge is 2.29. The molecule has 3 aliphatic rings. The second-order valence-corrected chi connectivity index (χ2v) is 10.1. The molecule has 1 saturated heterocycles. The summed E-state index contributed by atoms with van der Waals surface area (Å²) in [5.41, 5.74) is 5.63. The van der Waals surface area contributed by atoms with Crippen LogP contribution in [0.15, 0.2) is 57.8 Å². The number of halogens is 1. The van der Waals surface area contributed by atoms with E-state index in [1.54, 1.807) is 5.57 Å². The van der Waals surface area contributed by atoms with Crippen molar-refractivity contribution in [2.45, 2.75) is 54.4 Å². The number of hydrogen-bond acceptors (Lipinski definition) is 3. The maximum absolute atomic E-state index is 10.3. The zero-order valence-corrected chi connectivity index (χ0v) is 18.3. The summed E-state index contributed by atoms with van der Waals surface area (Å²) < 4.78 is 0. The molecule has 0 aromatic heterocycles. The van der Waals surface area contributed by atoms with Crippen molar-refractivity contribution in [2.75, 3.05) is 19.6 Å². The Bertz CT molecular complexity index is 930. The molecule has 0 spiro atoms. The molecule has 2 heterocycles. The van der Waals surface area contributed by atoms with E-state index in [9.17, 15) is 5.11 Å². The van der Waals surface area contributed by atoms with Crippen molar-refractivity contribution < 1.29 is 5.11 Å². The number of aliphatic hydroxyl groups excluding tert-OH is 1. The lowest BCUT2D eigenvalue weighted by atomic mass is 9.85. The van der Waals surface area contributed by atoms with E-state index in [4.69, 9.17) is 11.6 Å². The monoisotopic (exact) mass is 425 g/mol. The third-order valence-corrected chi connectivity index (χ3v) is 8.15. The highest BCUT2D eigenvalue weighted by atomic mass is 35.5. The van der Waals surface area contributed by atoms with E-state index in [2.05, 4.69) is 41.3 Å². The van der Waals surface area contributed by atoms with Crippen LogP contribution in [0.1, 0.15) is 49.7 Å². The molecule has 1 aliphatic carbocycles. The van der Waals surface area contributed by atoms with Crippen LogP contribution < -0.4 is 0 Å². The molecule has 2 atom stereocenters. The van der Waals surface area contributed by atoms with E-state index in [1.807, 2.05) is 17.8 Å². The first-order valence-corrected chi connectivity index (χ1v) is 12.1. The molecule has 0 radical (unpaired) electrons. The molecule has 29 heavy (non-hydrogen) atoms. The topological polar surface area (TPSA) is 23.5 Å². The van der Waals surface area contributed by atoms with Gasteiger partial charge in [-0.3, -0.25) is 0 Å². The van der Waals surface area contributed by atoms with E-state index < -0.39 is 0 Å². The van der Waals surface area contributed by atoms with Gasteiger partial charge in [0.15, 0.2) is 0 Å². The van der Waals surface area contributed by atoms with Gasteiger partial charge in [0.1, 0.15) is 0 Å². The van der Waals surface area contributed by atoms with Crippen LogP contribution in [0.5, 0.6) is 0 Å². The van der Waals surface area contributed by atoms with Crippen molar-refractivity contribution in [3.05, 3.63) is 64.2 Å². The van der Waals surface area contributed by atoms with Crippen LogP contribution in [0.25, 0.3) is 5.57 Å². The quantitative estimate of drug-likeness (QED) is 0.524. The molecular weight excluding hydrogens is 398 g/mol. The number of aliphatic hydroxyl groups is 1. The molecule has 2 aromatic carbocycles. The lowest BCUT2D eigenvalue weighted by Gasteiger charge is -2.36. The van der Waals surface area contributed by atoms with E-state index in [0.717, 1.165) is 43.9 Å². The Morgan fingerprint density at radius 1 is 0.966 bits per heavy atom. The molecule has 4 heteroatoms. The maximum Gasteiger partial charge on any atom is 0.0580 e. The molecule has 2 aromatic rings. The summed E-state index contributed by atoms with van der Waals surface area (Å²) in [6, 6.07) is 15.1. The fraction of sp³-hybridized carbons (Fsp3) is 0.440. The Labute approximate surface area is 183 Å². The second kappa shape index (κ2) is 8.47. The minimum atomic E-state index is -0.0974. The lowest BCUT2D eigenvalue weighted by molar-refractivity contribution is 0.0449. The van der Waals surface area contributed by atoms with Crippen LogP contribution in [0.4, 0.5) is 0 Å². The summed E-state index contributed by atoms with van der Waals surface area (Å²) in [5.74, 6) is 0.462. The van der Waals surface area contributed by atoms with E-state index >= 15 is 0 Å². The predicted octanol–water partition coefficient (Wildman–Crippen LogP) is 6.25. The van der Waals surface area contributed by atoms with Crippen LogP contribution in [0, 0.1) is 5.92 Å². The van der Waals surface area contributed by atoms with Gasteiger partial charge < -0.3 is 10.0 Å². The Morgan fingerprint density at radius 2 is 1.72 bits per heavy atom. The van der Waals surface area contributed by atoms with Crippen molar-refractivity contribution >= 4 is 28.9 Å². The van der Waals surface area contributed by atoms with Crippen molar-refractivity contribution in [1.82, 2.24) is 4.90 Å². The van der Waals surface area contributed by atoms with Gasteiger partial charge in [-0.25, -0.2) is 0 Å². The number of benzene rings is 2. The van der Waals surface area contributed by atoms with Crippen molar-refractivity contribution in [1.29, 1.82) is 0 Å². The highest BCUT2D eigenvalue weighted by Crippen LogP contribution is 2.48. The normalized spacial score (nSPS) is 24.9. The van der Waals surface area contributed by atoms with Crippen LogP contribution in [0.3, 0.4) is 0 Å². The number of rotatable bonds is 2. The molecule has 152 valence electrons. The standard InChI is InChI=1S/C25H28ClNOS/c26-19-9-10-24-21(15-19)25(20-6-2-4-8-23(20)29-24)17-11-13-27(14-12-17)16-18-5-1-3-7-22(18)28/h2,4,6,8-10,15,18,22,28H,1,3,5,7,11-14,16H2. The molecule has 0 bridgehead atoms. The average molecular weight is 426 g/mol. The number of likely N-dealkylation sites (tertiary alicyclic amines) is 1. The average Bonchev–Trinajstić information content (AvgIpc) is 2.74. The smallest absolute Gasteiger partial charge is 0.0580 e. The number of piperidine rings is 1. The molecule has 1 N–H and O–H groups in total. The molecule has 2 nitrogen and oxygen atoms in total. The molecule has 2 fully saturated rings. The largest absolute Gasteiger partial charge is 0.393 e. The van der Waals surface area contributed by atoms with Crippen LogP contribution >= 0.6 is 23.4 Å². The van der Waals surface area contributed by atoms with Crippen molar-refractivity contribution in [3.8, 4) is 0 Å². The SMILES string of the molecule is OC1CCCCC1CN1CCC(=C2c3ccccc3Sc3ccc(Cl)cc32)CC1. The summed E-state index contributed by atoms with van der Waals surface area (Å²) in [7, 11) is 0. The molecule has 0 amide bonds. The van der Waals surface area contributed by atoms with Gasteiger partial charge in [0.05, 0.1) is 6.10 Å². The van der Waals surface area contributed by atoms with Gasteiger partial charge in [-0.05, 0) is 72.6 Å². The van der Waals surface area contributed by atoms with Gasteiger partial charge in [-0.1, -0.05) is 60.0 Å². The van der Waals surface area contributed by atoms with E-state index in [-0.39, 0.29) is 6.10 Å². The summed E-state index contributed by atoms with van der Waals surface area (Å²) in [6.45, 7) is 3.24. The highest BCUT2D eigenvalue weighted by molar-refractivity contribution is 7.99. The van der Waals surface area contributed by atoms with Gasteiger partial charge in [0.25, 0.3) is 0 Å². The van der Waals surface area contributed by atoms with Gasteiger partial charge in [-0.2, -0.15) is 0 Å². The third kappa shape index (κ3) is 4.03. The Hall–Kier alpha value is -1.26. The first kappa shape index (κ1) is 19.7. The first-order valence-electron chi connectivity index (χ1n) is 10.9. The summed E-state index contributed by atoms with van der Waals surface area (Å²) in [4.78, 5) is 5.23. The third-order valence-electron chi connectivity index (χ3n) is 6.76. The second-order valence-electron chi connectivity index (χ2n) is 8.63. The van der Waals surface area contributed by atoms with Crippen LogP contribution in [-0.2, 0) is 0 Å². The molecular formula is C25H28ClNOS. The Kier molecular flexibility index (Phi) is 5.75. The number of hydrogen-bond donors (Lipinski definition) is 1. The molecule has 2 unspecified atom stereocenters. The van der Waals surface area contributed by atoms with Gasteiger partial charge >= 0.3 is 0 Å². The zero-order chi connectivity index (χ0) is 19.8. The first-order chi connectivity index (χ1) is 14.2. The van der Waals surface area contributed by atoms with E-state index in [0.29, 0.717) is 5.92 Å². The van der Waals surface area contributed by atoms with Crippen LogP contribution in [0.2, 0.25) is 5.02 Å². The maximum atomic E-state index is 10.3. The number of fused-ring (bicyclic) bond motifs is 2. The molecule has 5 rings (SSSR count). The van der Waals surface area contributed by atoms with Gasteiger partial charge in [0.2, 0.25) is 0 Å². The predicted molar refractivity (Wildman–Crippen MR) is 122 cm³/mol.